The molecule has 1 heterocycles. The molecule has 9 heteroatoms. The number of Topliss-reactive ketones (excluding diaryl/α,β-unsaturated/α-hetero) is 1. The molecule has 0 spiro atoms. The summed E-state index contributed by atoms with van der Waals surface area (Å²) in [5.41, 5.74) is 2.29. The maximum absolute atomic E-state index is 12.2. The van der Waals surface area contributed by atoms with Crippen LogP contribution in [-0.4, -0.2) is 49.5 Å². The molecule has 1 N–H and O–H groups in total. The number of methoxy groups -OCH3 is 2. The highest BCUT2D eigenvalue weighted by molar-refractivity contribution is 7.13. The van der Waals surface area contributed by atoms with Gasteiger partial charge in [0.15, 0.2) is 23.9 Å². The molecule has 0 aliphatic rings. The second kappa shape index (κ2) is 11.9. The van der Waals surface area contributed by atoms with Gasteiger partial charge in [-0.3, -0.25) is 14.4 Å². The van der Waals surface area contributed by atoms with E-state index in [-0.39, 0.29) is 12.2 Å². The van der Waals surface area contributed by atoms with Gasteiger partial charge >= 0.3 is 5.97 Å². The van der Waals surface area contributed by atoms with Gasteiger partial charge < -0.3 is 19.5 Å². The van der Waals surface area contributed by atoms with Crippen LogP contribution in [0.4, 0.5) is 0 Å². The highest BCUT2D eigenvalue weighted by atomic mass is 32.1. The minimum absolute atomic E-state index is 0.0722. The normalized spacial score (nSPS) is 11.4. The predicted molar refractivity (Wildman–Crippen MR) is 128 cm³/mol. The van der Waals surface area contributed by atoms with Crippen LogP contribution in [0.3, 0.4) is 0 Å². The van der Waals surface area contributed by atoms with Crippen molar-refractivity contribution in [2.45, 2.75) is 25.8 Å². The molecule has 34 heavy (non-hydrogen) atoms. The lowest BCUT2D eigenvalue weighted by Crippen LogP contribution is -2.43. The van der Waals surface area contributed by atoms with Gasteiger partial charge in [0.2, 0.25) is 0 Å². The molecular formula is C25H26N2O6S. The van der Waals surface area contributed by atoms with Gasteiger partial charge in [-0.05, 0) is 37.1 Å². The molecule has 0 aliphatic heterocycles. The average Bonchev–Trinajstić information content (AvgIpc) is 3.30. The van der Waals surface area contributed by atoms with E-state index in [2.05, 4.69) is 10.3 Å². The van der Waals surface area contributed by atoms with Crippen molar-refractivity contribution in [1.82, 2.24) is 10.3 Å². The van der Waals surface area contributed by atoms with Gasteiger partial charge in [-0.2, -0.15) is 0 Å². The first-order valence-corrected chi connectivity index (χ1v) is 11.4. The van der Waals surface area contributed by atoms with E-state index in [9.17, 15) is 14.4 Å². The maximum Gasteiger partial charge on any atom is 0.312 e. The first-order valence-electron chi connectivity index (χ1n) is 10.6. The molecule has 178 valence electrons. The molecule has 0 radical (unpaired) electrons. The Bertz CT molecular complexity index is 1150. The van der Waals surface area contributed by atoms with Crippen LogP contribution in [0.25, 0.3) is 10.6 Å². The number of hydrogen-bond acceptors (Lipinski definition) is 8. The van der Waals surface area contributed by atoms with Gasteiger partial charge in [-0.1, -0.05) is 30.3 Å². The van der Waals surface area contributed by atoms with Crippen LogP contribution >= 0.6 is 11.3 Å². The van der Waals surface area contributed by atoms with Crippen molar-refractivity contribution < 1.29 is 28.6 Å². The second-order valence-electron chi connectivity index (χ2n) is 7.47. The Morgan fingerprint density at radius 1 is 1.03 bits per heavy atom. The SMILES string of the molecule is COc1ccc(-c2nc(CC(=O)OCC(=O)NC(Cc3ccccc3)C(C)=O)cs2)cc1OC. The fourth-order valence-corrected chi connectivity index (χ4v) is 4.03. The van der Waals surface area contributed by atoms with Crippen molar-refractivity contribution in [3.8, 4) is 22.1 Å². The van der Waals surface area contributed by atoms with Gasteiger partial charge in [0.25, 0.3) is 5.91 Å². The lowest BCUT2D eigenvalue weighted by atomic mass is 10.0. The van der Waals surface area contributed by atoms with E-state index in [1.165, 1.54) is 18.3 Å². The van der Waals surface area contributed by atoms with Crippen LogP contribution < -0.4 is 14.8 Å². The minimum atomic E-state index is -0.684. The summed E-state index contributed by atoms with van der Waals surface area (Å²) in [6.45, 7) is 0.947. The number of amides is 1. The summed E-state index contributed by atoms with van der Waals surface area (Å²) >= 11 is 1.38. The number of esters is 1. The molecule has 1 unspecified atom stereocenters. The fraction of sp³-hybridized carbons (Fsp3) is 0.280. The van der Waals surface area contributed by atoms with E-state index in [4.69, 9.17) is 14.2 Å². The first kappa shape index (κ1) is 24.9. The Morgan fingerprint density at radius 2 is 1.76 bits per heavy atom. The molecule has 8 nitrogen and oxygen atoms in total. The topological polar surface area (TPSA) is 104 Å². The third kappa shape index (κ3) is 6.89. The number of ketones is 1. The molecule has 3 rings (SSSR count). The Kier molecular flexibility index (Phi) is 8.75. The van der Waals surface area contributed by atoms with Crippen molar-refractivity contribution in [3.05, 3.63) is 65.2 Å². The lowest BCUT2D eigenvalue weighted by molar-refractivity contribution is -0.148. The molecule has 0 bridgehead atoms. The quantitative estimate of drug-likeness (QED) is 0.419. The van der Waals surface area contributed by atoms with Crippen molar-refractivity contribution in [3.63, 3.8) is 0 Å². The summed E-state index contributed by atoms with van der Waals surface area (Å²) in [5, 5.41) is 5.11. The molecule has 0 saturated carbocycles. The van der Waals surface area contributed by atoms with Crippen molar-refractivity contribution in [2.24, 2.45) is 0 Å². The number of ether oxygens (including phenoxy) is 3. The van der Waals surface area contributed by atoms with Crippen LogP contribution in [-0.2, 0) is 32.0 Å². The number of rotatable bonds is 11. The molecule has 1 atom stereocenters. The van der Waals surface area contributed by atoms with Gasteiger partial charge in [-0.15, -0.1) is 11.3 Å². The molecule has 0 saturated heterocycles. The first-order chi connectivity index (χ1) is 16.4. The Hall–Kier alpha value is -3.72. The number of hydrogen-bond donors (Lipinski definition) is 1. The monoisotopic (exact) mass is 482 g/mol. The molecule has 2 aromatic carbocycles. The smallest absolute Gasteiger partial charge is 0.312 e. The molecule has 1 amide bonds. The highest BCUT2D eigenvalue weighted by Crippen LogP contribution is 2.33. The predicted octanol–water partition coefficient (Wildman–Crippen LogP) is 3.23. The van der Waals surface area contributed by atoms with Gasteiger partial charge in [0.05, 0.1) is 32.4 Å². The van der Waals surface area contributed by atoms with Gasteiger partial charge in [-0.25, -0.2) is 4.98 Å². The zero-order valence-electron chi connectivity index (χ0n) is 19.2. The Balaban J connectivity index is 1.51. The molecular weight excluding hydrogens is 456 g/mol. The highest BCUT2D eigenvalue weighted by Gasteiger charge is 2.19. The minimum Gasteiger partial charge on any atom is -0.493 e. The third-order valence-corrected chi connectivity index (χ3v) is 5.92. The number of nitrogens with one attached hydrogen (secondary N) is 1. The van der Waals surface area contributed by atoms with Crippen LogP contribution in [0.2, 0.25) is 0 Å². The molecule has 3 aromatic rings. The van der Waals surface area contributed by atoms with Gasteiger partial charge in [0, 0.05) is 10.9 Å². The number of thiazole rings is 1. The van der Waals surface area contributed by atoms with Crippen molar-refractivity contribution in [1.29, 1.82) is 0 Å². The van der Waals surface area contributed by atoms with E-state index in [0.29, 0.717) is 28.6 Å². The van der Waals surface area contributed by atoms with Crippen LogP contribution in [0, 0.1) is 0 Å². The van der Waals surface area contributed by atoms with E-state index in [1.54, 1.807) is 25.7 Å². The number of nitrogens with zero attached hydrogens (tertiary/aromatic N) is 1. The summed E-state index contributed by atoms with van der Waals surface area (Å²) in [5.74, 6) is -0.0943. The number of carbonyl (C=O) groups is 3. The maximum atomic E-state index is 12.2. The van der Waals surface area contributed by atoms with Gasteiger partial charge in [0.1, 0.15) is 5.01 Å². The Labute approximate surface area is 201 Å². The zero-order chi connectivity index (χ0) is 24.5. The van der Waals surface area contributed by atoms with Crippen molar-refractivity contribution >= 4 is 29.0 Å². The summed E-state index contributed by atoms with van der Waals surface area (Å²) in [6.07, 6.45) is 0.296. The summed E-state index contributed by atoms with van der Waals surface area (Å²) in [6, 6.07) is 14.1. The Morgan fingerprint density at radius 3 is 2.44 bits per heavy atom. The summed E-state index contributed by atoms with van der Waals surface area (Å²) < 4.78 is 15.6. The zero-order valence-corrected chi connectivity index (χ0v) is 20.0. The van der Waals surface area contributed by atoms with Crippen LogP contribution in [0.5, 0.6) is 11.5 Å². The van der Waals surface area contributed by atoms with E-state index in [0.717, 1.165) is 11.1 Å². The number of carbonyl (C=O) groups excluding carboxylic acids is 3. The average molecular weight is 483 g/mol. The molecule has 0 aliphatic carbocycles. The van der Waals surface area contributed by atoms with Crippen LogP contribution in [0.1, 0.15) is 18.2 Å². The lowest BCUT2D eigenvalue weighted by Gasteiger charge is -2.16. The van der Waals surface area contributed by atoms with E-state index in [1.807, 2.05) is 42.5 Å². The van der Waals surface area contributed by atoms with Crippen LogP contribution in [0.15, 0.2) is 53.9 Å². The molecule has 0 fully saturated rings. The number of benzene rings is 2. The van der Waals surface area contributed by atoms with E-state index >= 15 is 0 Å². The fourth-order valence-electron chi connectivity index (χ4n) is 3.22. The van der Waals surface area contributed by atoms with E-state index < -0.39 is 24.5 Å². The summed E-state index contributed by atoms with van der Waals surface area (Å²) in [7, 11) is 3.12. The summed E-state index contributed by atoms with van der Waals surface area (Å²) in [4.78, 5) is 40.8. The van der Waals surface area contributed by atoms with Crippen molar-refractivity contribution in [2.75, 3.05) is 20.8 Å². The number of aromatic nitrogens is 1. The second-order valence-corrected chi connectivity index (χ2v) is 8.33. The molecule has 1 aromatic heterocycles. The standard InChI is InChI=1S/C25H26N2O6S/c1-16(28)20(11-17-7-5-4-6-8-17)27-23(29)14-33-24(30)13-19-15-34-25(26-19)18-9-10-21(31-2)22(12-18)32-3/h4-10,12,15,20H,11,13-14H2,1-3H3,(H,27,29). The largest absolute Gasteiger partial charge is 0.493 e. The third-order valence-electron chi connectivity index (χ3n) is 4.98.